The predicted molar refractivity (Wildman–Crippen MR) is 148 cm³/mol. The van der Waals surface area contributed by atoms with E-state index in [0.29, 0.717) is 23.6 Å². The van der Waals surface area contributed by atoms with Crippen LogP contribution in [0, 0.1) is 13.8 Å². The second kappa shape index (κ2) is 10.3. The Kier molecular flexibility index (Phi) is 7.26. The van der Waals surface area contributed by atoms with Gasteiger partial charge in [0.2, 0.25) is 0 Å². The lowest BCUT2D eigenvalue weighted by Gasteiger charge is -2.28. The van der Waals surface area contributed by atoms with Crippen molar-refractivity contribution < 1.29 is 19.4 Å². The van der Waals surface area contributed by atoms with Crippen molar-refractivity contribution in [3.05, 3.63) is 100 Å². The smallest absolute Gasteiger partial charge is 0.300 e. The SMILES string of the molecule is CCCOc1ccccc1N1C(=O)C(=O)/C(=C(\O)c2ccc(C)c(C)c2)C1c1ccc(C(C)(C)C)cc1. The normalized spacial score (nSPS) is 17.4. The lowest BCUT2D eigenvalue weighted by molar-refractivity contribution is -0.132. The van der Waals surface area contributed by atoms with Crippen molar-refractivity contribution in [3.8, 4) is 5.75 Å². The fourth-order valence-electron chi connectivity index (χ4n) is 4.60. The number of Topliss-reactive ketones (excluding diaryl/α,β-unsaturated/α-hetero) is 1. The maximum atomic E-state index is 13.6. The third kappa shape index (κ3) is 5.04. The van der Waals surface area contributed by atoms with Gasteiger partial charge < -0.3 is 9.84 Å². The van der Waals surface area contributed by atoms with Gasteiger partial charge in [-0.05, 0) is 66.1 Å². The number of ketones is 1. The van der Waals surface area contributed by atoms with E-state index >= 15 is 0 Å². The third-order valence-electron chi connectivity index (χ3n) is 6.90. The van der Waals surface area contributed by atoms with Crippen molar-refractivity contribution in [1.82, 2.24) is 0 Å². The summed E-state index contributed by atoms with van der Waals surface area (Å²) in [6.45, 7) is 12.8. The van der Waals surface area contributed by atoms with E-state index < -0.39 is 17.7 Å². The first-order valence-electron chi connectivity index (χ1n) is 12.8. The molecule has 192 valence electrons. The molecule has 1 amide bonds. The molecule has 1 heterocycles. The van der Waals surface area contributed by atoms with Gasteiger partial charge in [-0.2, -0.15) is 0 Å². The topological polar surface area (TPSA) is 66.8 Å². The summed E-state index contributed by atoms with van der Waals surface area (Å²) in [6.07, 6.45) is 0.803. The fraction of sp³-hybridized carbons (Fsp3) is 0.312. The number of rotatable bonds is 6. The fourth-order valence-corrected chi connectivity index (χ4v) is 4.60. The zero-order valence-corrected chi connectivity index (χ0v) is 22.5. The number of amides is 1. The van der Waals surface area contributed by atoms with Crippen molar-refractivity contribution in [2.24, 2.45) is 0 Å². The van der Waals surface area contributed by atoms with Gasteiger partial charge in [0.1, 0.15) is 11.5 Å². The number of benzene rings is 3. The van der Waals surface area contributed by atoms with E-state index in [4.69, 9.17) is 4.74 Å². The van der Waals surface area contributed by atoms with E-state index in [9.17, 15) is 14.7 Å². The molecular formula is C32H35NO4. The molecule has 0 bridgehead atoms. The minimum atomic E-state index is -0.804. The number of anilines is 1. The second-order valence-corrected chi connectivity index (χ2v) is 10.7. The molecule has 37 heavy (non-hydrogen) atoms. The number of carbonyl (C=O) groups excluding carboxylic acids is 2. The highest BCUT2D eigenvalue weighted by molar-refractivity contribution is 6.51. The molecule has 0 radical (unpaired) electrons. The van der Waals surface area contributed by atoms with Crippen LogP contribution in [0.2, 0.25) is 0 Å². The number of aliphatic hydroxyl groups is 1. The highest BCUT2D eigenvalue weighted by Crippen LogP contribution is 2.45. The maximum Gasteiger partial charge on any atom is 0.300 e. The summed E-state index contributed by atoms with van der Waals surface area (Å²) in [6, 6.07) is 19.9. The van der Waals surface area contributed by atoms with Gasteiger partial charge in [-0.25, -0.2) is 0 Å². The van der Waals surface area contributed by atoms with Crippen molar-refractivity contribution in [1.29, 1.82) is 0 Å². The number of nitrogens with zero attached hydrogens (tertiary/aromatic N) is 1. The molecule has 4 rings (SSSR count). The highest BCUT2D eigenvalue weighted by atomic mass is 16.5. The summed E-state index contributed by atoms with van der Waals surface area (Å²) in [4.78, 5) is 28.6. The Bertz CT molecular complexity index is 1360. The molecule has 5 nitrogen and oxygen atoms in total. The first-order chi connectivity index (χ1) is 17.5. The van der Waals surface area contributed by atoms with Crippen LogP contribution in [0.4, 0.5) is 5.69 Å². The molecule has 1 saturated heterocycles. The number of ether oxygens (including phenoxy) is 1. The van der Waals surface area contributed by atoms with E-state index in [1.807, 2.05) is 69.3 Å². The number of hydrogen-bond acceptors (Lipinski definition) is 4. The van der Waals surface area contributed by atoms with E-state index in [1.165, 1.54) is 4.90 Å². The minimum Gasteiger partial charge on any atom is -0.507 e. The molecular weight excluding hydrogens is 462 g/mol. The average Bonchev–Trinajstić information content (AvgIpc) is 3.13. The summed E-state index contributed by atoms with van der Waals surface area (Å²) in [7, 11) is 0. The quantitative estimate of drug-likeness (QED) is 0.226. The standard InChI is InChI=1S/C32H35NO4/c1-7-18-37-26-11-9-8-10-25(26)33-28(22-14-16-24(17-15-22)32(4,5)6)27(30(35)31(33)36)29(34)23-13-12-20(2)21(3)19-23/h8-17,19,28,34H,7,18H2,1-6H3/b29-27-. The zero-order valence-electron chi connectivity index (χ0n) is 22.5. The van der Waals surface area contributed by atoms with Crippen molar-refractivity contribution in [3.63, 3.8) is 0 Å². The summed E-state index contributed by atoms with van der Waals surface area (Å²) in [5.41, 5.74) is 4.96. The first kappa shape index (κ1) is 26.2. The van der Waals surface area contributed by atoms with Crippen LogP contribution >= 0.6 is 0 Å². The van der Waals surface area contributed by atoms with E-state index in [2.05, 4.69) is 20.8 Å². The molecule has 5 heteroatoms. The second-order valence-electron chi connectivity index (χ2n) is 10.7. The Labute approximate surface area is 219 Å². The van der Waals surface area contributed by atoms with Crippen LogP contribution in [0.3, 0.4) is 0 Å². The molecule has 0 aromatic heterocycles. The number of hydrogen-bond donors (Lipinski definition) is 1. The minimum absolute atomic E-state index is 0.0552. The van der Waals surface area contributed by atoms with Crippen molar-refractivity contribution in [2.45, 2.75) is 59.4 Å². The molecule has 3 aromatic carbocycles. The van der Waals surface area contributed by atoms with Gasteiger partial charge in [-0.1, -0.05) is 76.2 Å². The van der Waals surface area contributed by atoms with E-state index in [-0.39, 0.29) is 16.7 Å². The van der Waals surface area contributed by atoms with Crippen LogP contribution in [-0.4, -0.2) is 23.4 Å². The van der Waals surface area contributed by atoms with Gasteiger partial charge in [-0.15, -0.1) is 0 Å². The summed E-state index contributed by atoms with van der Waals surface area (Å²) >= 11 is 0. The van der Waals surface area contributed by atoms with Crippen LogP contribution < -0.4 is 9.64 Å². The maximum absolute atomic E-state index is 13.6. The molecule has 0 saturated carbocycles. The predicted octanol–water partition coefficient (Wildman–Crippen LogP) is 7.02. The Morgan fingerprint density at radius 1 is 0.946 bits per heavy atom. The van der Waals surface area contributed by atoms with Gasteiger partial charge in [0.05, 0.1) is 23.9 Å². The zero-order chi connectivity index (χ0) is 26.9. The molecule has 1 aliphatic rings. The first-order valence-corrected chi connectivity index (χ1v) is 12.8. The van der Waals surface area contributed by atoms with Crippen LogP contribution in [0.25, 0.3) is 5.76 Å². The van der Waals surface area contributed by atoms with Crippen molar-refractivity contribution >= 4 is 23.1 Å². The van der Waals surface area contributed by atoms with Gasteiger partial charge in [-0.3, -0.25) is 14.5 Å². The molecule has 1 aliphatic heterocycles. The largest absolute Gasteiger partial charge is 0.507 e. The van der Waals surface area contributed by atoms with Crippen LogP contribution in [0.15, 0.2) is 72.3 Å². The molecule has 1 atom stereocenters. The molecule has 1 unspecified atom stereocenters. The third-order valence-corrected chi connectivity index (χ3v) is 6.90. The lowest BCUT2D eigenvalue weighted by Crippen LogP contribution is -2.30. The Morgan fingerprint density at radius 2 is 1.62 bits per heavy atom. The van der Waals surface area contributed by atoms with Crippen LogP contribution in [0.5, 0.6) is 5.75 Å². The Balaban J connectivity index is 1.94. The van der Waals surface area contributed by atoms with Crippen LogP contribution in [0.1, 0.15) is 68.0 Å². The van der Waals surface area contributed by atoms with Gasteiger partial charge in [0, 0.05) is 5.56 Å². The number of aryl methyl sites for hydroxylation is 2. The number of aliphatic hydroxyl groups excluding tert-OH is 1. The number of carbonyl (C=O) groups is 2. The van der Waals surface area contributed by atoms with Gasteiger partial charge >= 0.3 is 0 Å². The van der Waals surface area contributed by atoms with Gasteiger partial charge in [0.15, 0.2) is 0 Å². The Morgan fingerprint density at radius 3 is 2.24 bits per heavy atom. The summed E-state index contributed by atoms with van der Waals surface area (Å²) in [5.74, 6) is -1.07. The van der Waals surface area contributed by atoms with Gasteiger partial charge in [0.25, 0.3) is 11.7 Å². The molecule has 3 aromatic rings. The Hall–Kier alpha value is -3.86. The average molecular weight is 498 g/mol. The highest BCUT2D eigenvalue weighted by Gasteiger charge is 2.47. The molecule has 1 fully saturated rings. The summed E-state index contributed by atoms with van der Waals surface area (Å²) in [5, 5.41) is 11.5. The number of para-hydroxylation sites is 2. The monoisotopic (exact) mass is 497 g/mol. The summed E-state index contributed by atoms with van der Waals surface area (Å²) < 4.78 is 5.96. The van der Waals surface area contributed by atoms with Crippen LogP contribution in [-0.2, 0) is 15.0 Å². The van der Waals surface area contributed by atoms with E-state index in [1.54, 1.807) is 18.2 Å². The van der Waals surface area contributed by atoms with E-state index in [0.717, 1.165) is 28.7 Å². The molecule has 0 spiro atoms. The molecule has 0 aliphatic carbocycles. The molecule has 1 N–H and O–H groups in total. The van der Waals surface area contributed by atoms with Crippen molar-refractivity contribution in [2.75, 3.05) is 11.5 Å². The lowest BCUT2D eigenvalue weighted by atomic mass is 9.85.